The van der Waals surface area contributed by atoms with Crippen LogP contribution >= 0.6 is 0 Å². The second kappa shape index (κ2) is 11.9. The lowest BCUT2D eigenvalue weighted by atomic mass is 10.1. The van der Waals surface area contributed by atoms with Gasteiger partial charge < -0.3 is 10.6 Å². The Bertz CT molecular complexity index is 1360. The van der Waals surface area contributed by atoms with Crippen molar-refractivity contribution in [2.24, 2.45) is 0 Å². The summed E-state index contributed by atoms with van der Waals surface area (Å²) in [4.78, 5) is 16.2. The van der Waals surface area contributed by atoms with Crippen LogP contribution in [0.5, 0.6) is 0 Å². The van der Waals surface area contributed by atoms with Crippen LogP contribution in [0, 0.1) is 0 Å². The summed E-state index contributed by atoms with van der Waals surface area (Å²) in [5.74, 6) is -0.584. The molecule has 1 atom stereocenters. The van der Waals surface area contributed by atoms with E-state index in [-0.39, 0.29) is 23.6 Å². The first-order valence-corrected chi connectivity index (χ1v) is 12.6. The van der Waals surface area contributed by atoms with Crippen molar-refractivity contribution in [3.05, 3.63) is 95.2 Å². The van der Waals surface area contributed by atoms with Crippen molar-refractivity contribution < 1.29 is 30.8 Å². The van der Waals surface area contributed by atoms with Crippen molar-refractivity contribution in [2.75, 3.05) is 16.0 Å². The number of aromatic nitrogens is 1. The highest BCUT2D eigenvalue weighted by Gasteiger charge is 2.33. The Labute approximate surface area is 211 Å². The Morgan fingerprint density at radius 3 is 2.46 bits per heavy atom. The molecule has 3 aromatic rings. The Morgan fingerprint density at radius 1 is 1.05 bits per heavy atom. The minimum Gasteiger partial charge on any atom is -0.365 e. The fourth-order valence-electron chi connectivity index (χ4n) is 3.27. The Balaban J connectivity index is 1.73. The standard InChI is InChI=1S/C25H24F4N4O3S/c1-17(20-8-5-9-21(14-20)33-37(35,36)16-26)31-23(34)13-11-19-10-12-22(25(27,28)29)32-24(19)30-15-18-6-3-2-4-7-18/h2-14,17,33H,15-16H2,1H3,(H,30,32)(H,31,34)/t17-/m1/s1. The van der Waals surface area contributed by atoms with E-state index in [0.717, 1.165) is 17.7 Å². The number of nitrogens with zero attached hydrogens (tertiary/aromatic N) is 1. The summed E-state index contributed by atoms with van der Waals surface area (Å²) in [6.45, 7) is 1.88. The molecule has 12 heteroatoms. The van der Waals surface area contributed by atoms with Gasteiger partial charge in [0, 0.05) is 23.9 Å². The summed E-state index contributed by atoms with van der Waals surface area (Å²) >= 11 is 0. The number of amides is 1. The molecular formula is C25H24F4N4O3S. The number of hydrogen-bond acceptors (Lipinski definition) is 5. The highest BCUT2D eigenvalue weighted by molar-refractivity contribution is 7.92. The molecule has 0 saturated heterocycles. The van der Waals surface area contributed by atoms with Crippen molar-refractivity contribution in [1.29, 1.82) is 0 Å². The number of halogens is 4. The molecule has 0 aliphatic carbocycles. The number of nitrogens with one attached hydrogen (secondary N) is 3. The Morgan fingerprint density at radius 2 is 1.78 bits per heavy atom. The van der Waals surface area contributed by atoms with E-state index in [2.05, 4.69) is 20.3 Å². The molecule has 1 amide bonds. The molecule has 0 fully saturated rings. The van der Waals surface area contributed by atoms with Gasteiger partial charge in [-0.25, -0.2) is 17.8 Å². The number of carbonyl (C=O) groups excluding carboxylic acids is 1. The van der Waals surface area contributed by atoms with E-state index in [9.17, 15) is 30.8 Å². The van der Waals surface area contributed by atoms with Crippen LogP contribution in [0.2, 0.25) is 0 Å². The normalized spacial score (nSPS) is 12.8. The third-order valence-electron chi connectivity index (χ3n) is 5.10. The predicted octanol–water partition coefficient (Wildman–Crippen LogP) is 5.27. The molecule has 3 rings (SSSR count). The zero-order valence-corrected chi connectivity index (χ0v) is 20.4. The van der Waals surface area contributed by atoms with E-state index in [4.69, 9.17) is 0 Å². The average Bonchev–Trinajstić information content (AvgIpc) is 2.86. The van der Waals surface area contributed by atoms with Gasteiger partial charge in [-0.1, -0.05) is 42.5 Å². The van der Waals surface area contributed by atoms with Gasteiger partial charge in [0.1, 0.15) is 11.5 Å². The number of rotatable bonds is 10. The van der Waals surface area contributed by atoms with Gasteiger partial charge in [-0.2, -0.15) is 13.2 Å². The smallest absolute Gasteiger partial charge is 0.365 e. The fraction of sp³-hybridized carbons (Fsp3) is 0.200. The van der Waals surface area contributed by atoms with E-state index >= 15 is 0 Å². The maximum atomic E-state index is 13.2. The van der Waals surface area contributed by atoms with Crippen molar-refractivity contribution in [1.82, 2.24) is 10.3 Å². The van der Waals surface area contributed by atoms with Gasteiger partial charge in [0.05, 0.1) is 6.04 Å². The quantitative estimate of drug-likeness (QED) is 0.242. The third kappa shape index (κ3) is 8.31. The van der Waals surface area contributed by atoms with E-state index in [0.29, 0.717) is 5.56 Å². The molecule has 37 heavy (non-hydrogen) atoms. The van der Waals surface area contributed by atoms with Gasteiger partial charge in [-0.05, 0) is 48.4 Å². The molecule has 0 spiro atoms. The van der Waals surface area contributed by atoms with Crippen molar-refractivity contribution >= 4 is 33.5 Å². The molecule has 3 N–H and O–H groups in total. The Kier molecular flexibility index (Phi) is 8.87. The highest BCUT2D eigenvalue weighted by atomic mass is 32.2. The second-order valence-electron chi connectivity index (χ2n) is 7.99. The third-order valence-corrected chi connectivity index (χ3v) is 5.93. The molecule has 2 aromatic carbocycles. The fourth-order valence-corrected chi connectivity index (χ4v) is 3.81. The summed E-state index contributed by atoms with van der Waals surface area (Å²) in [5, 5.41) is 5.57. The van der Waals surface area contributed by atoms with E-state index in [1.165, 1.54) is 24.3 Å². The van der Waals surface area contributed by atoms with Crippen LogP contribution in [0.3, 0.4) is 0 Å². The minimum atomic E-state index is -4.63. The maximum absolute atomic E-state index is 13.2. The van der Waals surface area contributed by atoms with Crippen molar-refractivity contribution in [3.8, 4) is 0 Å². The zero-order valence-electron chi connectivity index (χ0n) is 19.6. The van der Waals surface area contributed by atoms with Gasteiger partial charge in [0.2, 0.25) is 11.9 Å². The van der Waals surface area contributed by atoms with Crippen molar-refractivity contribution in [2.45, 2.75) is 25.7 Å². The summed E-state index contributed by atoms with van der Waals surface area (Å²) in [7, 11) is -4.11. The molecule has 0 unspecified atom stereocenters. The summed E-state index contributed by atoms with van der Waals surface area (Å²) < 4.78 is 77.1. The van der Waals surface area contributed by atoms with E-state index in [1.807, 2.05) is 18.2 Å². The van der Waals surface area contributed by atoms with Gasteiger partial charge in [-0.3, -0.25) is 9.52 Å². The molecule has 0 radical (unpaired) electrons. The first-order valence-electron chi connectivity index (χ1n) is 11.0. The Hall–Kier alpha value is -3.93. The van der Waals surface area contributed by atoms with Crippen LogP contribution in [0.25, 0.3) is 6.08 Å². The van der Waals surface area contributed by atoms with Crippen LogP contribution in [0.4, 0.5) is 29.1 Å². The lowest BCUT2D eigenvalue weighted by Gasteiger charge is -2.15. The predicted molar refractivity (Wildman–Crippen MR) is 134 cm³/mol. The van der Waals surface area contributed by atoms with Gasteiger partial charge in [0.15, 0.2) is 0 Å². The van der Waals surface area contributed by atoms with Crippen LogP contribution in [0.1, 0.15) is 35.3 Å². The topological polar surface area (TPSA) is 100 Å². The number of pyridine rings is 1. The van der Waals surface area contributed by atoms with Crippen LogP contribution in [-0.2, 0) is 27.5 Å². The molecule has 0 aliphatic heterocycles. The highest BCUT2D eigenvalue weighted by Crippen LogP contribution is 2.30. The van der Waals surface area contributed by atoms with Gasteiger partial charge in [0.25, 0.3) is 10.0 Å². The average molecular weight is 537 g/mol. The van der Waals surface area contributed by atoms with Crippen LogP contribution in [0.15, 0.2) is 72.8 Å². The molecule has 0 saturated carbocycles. The molecule has 1 heterocycles. The second-order valence-corrected chi connectivity index (χ2v) is 9.64. The summed E-state index contributed by atoms with van der Waals surface area (Å²) in [6.07, 6.45) is -2.14. The van der Waals surface area contributed by atoms with E-state index < -0.39 is 39.8 Å². The summed E-state index contributed by atoms with van der Waals surface area (Å²) in [6, 6.07) is 15.0. The SMILES string of the molecule is C[C@@H](NC(=O)C=Cc1ccc(C(F)(F)F)nc1NCc1ccccc1)c1cccc(NS(=O)(=O)CF)c1. The van der Waals surface area contributed by atoms with E-state index in [1.54, 1.807) is 31.2 Å². The first-order chi connectivity index (χ1) is 17.5. The number of hydrogen-bond donors (Lipinski definition) is 3. The molecule has 196 valence electrons. The number of benzene rings is 2. The monoisotopic (exact) mass is 536 g/mol. The number of sulfonamides is 1. The molecule has 0 bridgehead atoms. The molecule has 1 aromatic heterocycles. The largest absolute Gasteiger partial charge is 0.433 e. The van der Waals surface area contributed by atoms with Crippen molar-refractivity contribution in [3.63, 3.8) is 0 Å². The molecular weight excluding hydrogens is 512 g/mol. The first kappa shape index (κ1) is 27.7. The molecule has 7 nitrogen and oxygen atoms in total. The number of anilines is 2. The summed E-state index contributed by atoms with van der Waals surface area (Å²) in [5.41, 5.74) is 0.717. The van der Waals surface area contributed by atoms with Gasteiger partial charge >= 0.3 is 6.18 Å². The number of alkyl halides is 4. The maximum Gasteiger partial charge on any atom is 0.433 e. The lowest BCUT2D eigenvalue weighted by Crippen LogP contribution is -2.24. The lowest BCUT2D eigenvalue weighted by molar-refractivity contribution is -0.141. The van der Waals surface area contributed by atoms with Gasteiger partial charge in [-0.15, -0.1) is 0 Å². The number of carbonyl (C=O) groups is 1. The van der Waals surface area contributed by atoms with Crippen LogP contribution in [-0.4, -0.2) is 25.3 Å². The minimum absolute atomic E-state index is 0.0383. The zero-order chi connectivity index (χ0) is 27.1. The van der Waals surface area contributed by atoms with Crippen LogP contribution < -0.4 is 15.4 Å². The molecule has 0 aliphatic rings.